The third-order valence-electron chi connectivity index (χ3n) is 1.22. The summed E-state index contributed by atoms with van der Waals surface area (Å²) >= 11 is 0. The molecule has 0 atom stereocenters. The minimum absolute atomic E-state index is 0.572. The first kappa shape index (κ1) is 8.32. The fourth-order valence-corrected chi connectivity index (χ4v) is 0.565. The Morgan fingerprint density at radius 2 is 2.58 bits per heavy atom. The Bertz CT molecular complexity index is 279. The van der Waals surface area contributed by atoms with Gasteiger partial charge in [0.15, 0.2) is 0 Å². The molecule has 5 nitrogen and oxygen atoms in total. The van der Waals surface area contributed by atoms with Gasteiger partial charge in [-0.2, -0.15) is 5.10 Å². The van der Waals surface area contributed by atoms with Crippen molar-refractivity contribution in [2.24, 2.45) is 10.8 Å². The lowest BCUT2D eigenvalue weighted by Crippen LogP contribution is -2.27. The molecule has 64 valence electrons. The Kier molecular flexibility index (Phi) is 2.47. The third-order valence-corrected chi connectivity index (χ3v) is 1.22. The lowest BCUT2D eigenvalue weighted by molar-refractivity contribution is 0.220. The fourth-order valence-electron chi connectivity index (χ4n) is 0.565. The van der Waals surface area contributed by atoms with Gasteiger partial charge in [-0.15, -0.1) is 0 Å². The van der Waals surface area contributed by atoms with Crippen LogP contribution >= 0.6 is 0 Å². The average Bonchev–Trinajstić information content (AvgIpc) is 2.51. The van der Waals surface area contributed by atoms with Crippen molar-refractivity contribution < 1.29 is 9.21 Å². The smallest absolute Gasteiger partial charge is 0.334 e. The average molecular weight is 167 g/mol. The molecule has 0 aliphatic carbocycles. The van der Waals surface area contributed by atoms with Gasteiger partial charge in [0.2, 0.25) is 0 Å². The Morgan fingerprint density at radius 3 is 3.08 bits per heavy atom. The molecule has 0 fully saturated rings. The molecule has 1 aromatic rings. The maximum Gasteiger partial charge on any atom is 0.334 e. The molecule has 0 bridgehead atoms. The van der Waals surface area contributed by atoms with Crippen molar-refractivity contribution in [3.05, 3.63) is 24.2 Å². The summed E-state index contributed by atoms with van der Waals surface area (Å²) in [5, 5.41) is 4.72. The lowest BCUT2D eigenvalue weighted by Gasteiger charge is -2.04. The summed E-state index contributed by atoms with van der Waals surface area (Å²) in [5.74, 6) is 0.572. The number of furan rings is 1. The van der Waals surface area contributed by atoms with Crippen LogP contribution in [0.25, 0.3) is 0 Å². The minimum Gasteiger partial charge on any atom is -0.463 e. The van der Waals surface area contributed by atoms with Crippen LogP contribution in [-0.4, -0.2) is 24.3 Å². The molecular formula is C7H9N3O2. The Hall–Kier alpha value is -1.78. The Labute approximate surface area is 69.4 Å². The highest BCUT2D eigenvalue weighted by atomic mass is 16.3. The number of hydrazone groups is 1. The maximum atomic E-state index is 10.5. The van der Waals surface area contributed by atoms with Gasteiger partial charge in [-0.3, -0.25) is 0 Å². The van der Waals surface area contributed by atoms with Crippen molar-refractivity contribution in [2.45, 2.75) is 0 Å². The van der Waals surface area contributed by atoms with E-state index in [1.54, 1.807) is 12.1 Å². The number of carbonyl (C=O) groups excluding carboxylic acids is 1. The first-order chi connectivity index (χ1) is 5.70. The lowest BCUT2D eigenvalue weighted by atomic mass is 10.5. The highest BCUT2D eigenvalue weighted by Gasteiger charge is 1.97. The molecule has 5 heteroatoms. The molecule has 0 saturated heterocycles. The maximum absolute atomic E-state index is 10.5. The van der Waals surface area contributed by atoms with E-state index in [4.69, 9.17) is 10.2 Å². The summed E-state index contributed by atoms with van der Waals surface area (Å²) in [5.41, 5.74) is 4.92. The van der Waals surface area contributed by atoms with Crippen molar-refractivity contribution in [2.75, 3.05) is 7.05 Å². The molecule has 0 aromatic carbocycles. The van der Waals surface area contributed by atoms with Gasteiger partial charge in [0.1, 0.15) is 5.76 Å². The zero-order valence-corrected chi connectivity index (χ0v) is 6.60. The molecule has 2 amide bonds. The number of hydrogen-bond donors (Lipinski definition) is 1. The molecule has 0 aliphatic rings. The van der Waals surface area contributed by atoms with Crippen LogP contribution in [0.1, 0.15) is 5.76 Å². The van der Waals surface area contributed by atoms with Crippen LogP contribution in [0.2, 0.25) is 0 Å². The van der Waals surface area contributed by atoms with Gasteiger partial charge in [-0.25, -0.2) is 9.80 Å². The standard InChI is InChI=1S/C7H9N3O2/c1-10(7(8)11)9-5-6-3-2-4-12-6/h2-5H,1H3,(H2,8,11)/b9-5+. The van der Waals surface area contributed by atoms with E-state index in [9.17, 15) is 4.79 Å². The van der Waals surface area contributed by atoms with Gasteiger partial charge in [0.05, 0.1) is 12.5 Å². The van der Waals surface area contributed by atoms with Crippen LogP contribution in [0.15, 0.2) is 27.9 Å². The number of urea groups is 1. The Morgan fingerprint density at radius 1 is 1.83 bits per heavy atom. The minimum atomic E-state index is -0.613. The predicted molar refractivity (Wildman–Crippen MR) is 43.6 cm³/mol. The van der Waals surface area contributed by atoms with E-state index in [0.717, 1.165) is 5.01 Å². The second-order valence-electron chi connectivity index (χ2n) is 2.12. The summed E-state index contributed by atoms with van der Waals surface area (Å²) in [7, 11) is 1.46. The number of nitrogens with two attached hydrogens (primary N) is 1. The van der Waals surface area contributed by atoms with E-state index in [0.29, 0.717) is 5.76 Å². The van der Waals surface area contributed by atoms with E-state index >= 15 is 0 Å². The molecule has 1 aromatic heterocycles. The molecule has 0 spiro atoms. The summed E-state index contributed by atoms with van der Waals surface area (Å²) in [6, 6.07) is 2.84. The van der Waals surface area contributed by atoms with Crippen LogP contribution in [0.5, 0.6) is 0 Å². The number of amides is 2. The number of hydrogen-bond acceptors (Lipinski definition) is 3. The van der Waals surface area contributed by atoms with Gasteiger partial charge in [-0.1, -0.05) is 0 Å². The first-order valence-electron chi connectivity index (χ1n) is 3.31. The summed E-state index contributed by atoms with van der Waals surface area (Å²) in [4.78, 5) is 10.5. The highest BCUT2D eigenvalue weighted by Crippen LogP contribution is 1.95. The number of nitrogens with zero attached hydrogens (tertiary/aromatic N) is 2. The van der Waals surface area contributed by atoms with Gasteiger partial charge >= 0.3 is 6.03 Å². The van der Waals surface area contributed by atoms with Gasteiger partial charge < -0.3 is 10.2 Å². The number of rotatable bonds is 2. The van der Waals surface area contributed by atoms with Crippen LogP contribution in [-0.2, 0) is 0 Å². The summed E-state index contributed by atoms with van der Waals surface area (Å²) < 4.78 is 4.94. The number of carbonyl (C=O) groups is 1. The van der Waals surface area contributed by atoms with E-state index in [2.05, 4.69) is 5.10 Å². The summed E-state index contributed by atoms with van der Waals surface area (Å²) in [6.45, 7) is 0. The Balaban J connectivity index is 2.56. The van der Waals surface area contributed by atoms with Gasteiger partial charge in [-0.05, 0) is 12.1 Å². The zero-order valence-electron chi connectivity index (χ0n) is 6.60. The van der Waals surface area contributed by atoms with Crippen LogP contribution in [0.4, 0.5) is 4.79 Å². The SMILES string of the molecule is CN(/N=C/c1ccco1)C(N)=O. The first-order valence-corrected chi connectivity index (χ1v) is 3.31. The van der Waals surface area contributed by atoms with E-state index in [1.165, 1.54) is 19.5 Å². The van der Waals surface area contributed by atoms with Crippen molar-refractivity contribution in [1.82, 2.24) is 5.01 Å². The van der Waals surface area contributed by atoms with Crippen molar-refractivity contribution >= 4 is 12.2 Å². The van der Waals surface area contributed by atoms with E-state index in [1.807, 2.05) is 0 Å². The van der Waals surface area contributed by atoms with Crippen molar-refractivity contribution in [3.63, 3.8) is 0 Å². The van der Waals surface area contributed by atoms with E-state index in [-0.39, 0.29) is 0 Å². The second kappa shape index (κ2) is 3.56. The quantitative estimate of drug-likeness (QED) is 0.518. The molecule has 0 saturated carbocycles. The predicted octanol–water partition coefficient (Wildman–Crippen LogP) is 0.624. The fraction of sp³-hybridized carbons (Fsp3) is 0.143. The van der Waals surface area contributed by atoms with Crippen molar-refractivity contribution in [3.8, 4) is 0 Å². The van der Waals surface area contributed by atoms with Gasteiger partial charge in [0, 0.05) is 7.05 Å². The topological polar surface area (TPSA) is 71.8 Å². The van der Waals surface area contributed by atoms with Crippen LogP contribution in [0, 0.1) is 0 Å². The third kappa shape index (κ3) is 2.12. The van der Waals surface area contributed by atoms with E-state index < -0.39 is 6.03 Å². The van der Waals surface area contributed by atoms with Crippen LogP contribution < -0.4 is 5.73 Å². The molecule has 1 rings (SSSR count). The zero-order chi connectivity index (χ0) is 8.97. The molecule has 0 unspecified atom stereocenters. The molecule has 0 radical (unpaired) electrons. The summed E-state index contributed by atoms with van der Waals surface area (Å²) in [6.07, 6.45) is 2.93. The molecular weight excluding hydrogens is 158 g/mol. The molecule has 1 heterocycles. The number of primary amides is 1. The highest BCUT2D eigenvalue weighted by molar-refractivity contribution is 5.78. The second-order valence-corrected chi connectivity index (χ2v) is 2.12. The van der Waals surface area contributed by atoms with Crippen LogP contribution in [0.3, 0.4) is 0 Å². The normalized spacial score (nSPS) is 10.4. The molecule has 2 N–H and O–H groups in total. The molecule has 0 aliphatic heterocycles. The molecule has 12 heavy (non-hydrogen) atoms. The largest absolute Gasteiger partial charge is 0.463 e. The van der Waals surface area contributed by atoms with Crippen molar-refractivity contribution in [1.29, 1.82) is 0 Å². The monoisotopic (exact) mass is 167 g/mol. The van der Waals surface area contributed by atoms with Gasteiger partial charge in [0.25, 0.3) is 0 Å².